The van der Waals surface area contributed by atoms with Crippen LogP contribution in [0.15, 0.2) is 28.3 Å². The maximum absolute atomic E-state index is 14.7. The number of nitrogens with one attached hydrogen (secondary N) is 1. The Hall–Kier alpha value is -2.61. The Balaban J connectivity index is 1.95. The van der Waals surface area contributed by atoms with Crippen LogP contribution in [0, 0.1) is 10.7 Å². The maximum atomic E-state index is 14.7. The summed E-state index contributed by atoms with van der Waals surface area (Å²) in [6.45, 7) is 2.90. The van der Waals surface area contributed by atoms with Gasteiger partial charge in [-0.2, -0.15) is 0 Å². The van der Waals surface area contributed by atoms with E-state index in [0.717, 1.165) is 25.9 Å². The van der Waals surface area contributed by atoms with E-state index in [1.165, 1.54) is 12.3 Å². The van der Waals surface area contributed by atoms with Gasteiger partial charge in [-0.15, -0.1) is 4.91 Å². The van der Waals surface area contributed by atoms with Crippen molar-refractivity contribution in [3.8, 4) is 0 Å². The van der Waals surface area contributed by atoms with Crippen LogP contribution in [0.1, 0.15) is 29.2 Å². The zero-order valence-electron chi connectivity index (χ0n) is 13.5. The van der Waals surface area contributed by atoms with Crippen molar-refractivity contribution in [3.63, 3.8) is 0 Å². The third-order valence-corrected chi connectivity index (χ3v) is 4.81. The number of rotatable bonds is 3. The molecular weight excluding hydrogens is 327 g/mol. The molecule has 0 atom stereocenters. The van der Waals surface area contributed by atoms with Crippen molar-refractivity contribution in [2.45, 2.75) is 18.9 Å². The predicted molar refractivity (Wildman–Crippen MR) is 91.6 cm³/mol. The van der Waals surface area contributed by atoms with Crippen LogP contribution in [-0.2, 0) is 0 Å². The van der Waals surface area contributed by atoms with Crippen LogP contribution in [0.2, 0.25) is 0 Å². The smallest absolute Gasteiger partial charge is 0.322 e. The van der Waals surface area contributed by atoms with Gasteiger partial charge in [0.25, 0.3) is 0 Å². The highest BCUT2D eigenvalue weighted by Gasteiger charge is 2.28. The number of nitrogens with zero attached hydrogens (tertiary/aromatic N) is 3. The van der Waals surface area contributed by atoms with E-state index in [-0.39, 0.29) is 17.0 Å². The quantitative estimate of drug-likeness (QED) is 0.858. The van der Waals surface area contributed by atoms with Gasteiger partial charge in [0.1, 0.15) is 11.4 Å². The second-order valence-corrected chi connectivity index (χ2v) is 6.46. The number of fused-ring (bicyclic) bond motifs is 1. The standard InChI is InChI=1S/C17H17FN4O3/c18-13-7-11-14(8-15(13)21-5-3-19-4-6-21)22(10-1-2-10)9-12(16(11)23)17(24)20-25/h7-10,19H,1-6H2. The highest BCUT2D eigenvalue weighted by atomic mass is 19.1. The second-order valence-electron chi connectivity index (χ2n) is 6.46. The summed E-state index contributed by atoms with van der Waals surface area (Å²) in [5.74, 6) is -1.62. The van der Waals surface area contributed by atoms with Crippen molar-refractivity contribution >= 4 is 22.5 Å². The van der Waals surface area contributed by atoms with Crippen LogP contribution in [0.3, 0.4) is 0 Å². The normalized spacial score (nSPS) is 17.7. The minimum Gasteiger partial charge on any atom is -0.367 e. The number of aromatic nitrogens is 1. The van der Waals surface area contributed by atoms with Gasteiger partial charge in [-0.3, -0.25) is 9.59 Å². The average Bonchev–Trinajstić information content (AvgIpc) is 3.47. The Morgan fingerprint density at radius 1 is 1.24 bits per heavy atom. The lowest BCUT2D eigenvalue weighted by molar-refractivity contribution is 0.0999. The molecule has 0 spiro atoms. The molecule has 1 amide bonds. The molecule has 1 N–H and O–H groups in total. The molecule has 8 heteroatoms. The summed E-state index contributed by atoms with van der Waals surface area (Å²) >= 11 is 0. The minimum absolute atomic E-state index is 0.109. The summed E-state index contributed by atoms with van der Waals surface area (Å²) in [6, 6.07) is 3.01. The zero-order chi connectivity index (χ0) is 17.6. The van der Waals surface area contributed by atoms with Crippen LogP contribution >= 0.6 is 0 Å². The van der Waals surface area contributed by atoms with Crippen LogP contribution < -0.4 is 15.6 Å². The van der Waals surface area contributed by atoms with Crippen molar-refractivity contribution in [3.05, 3.63) is 44.8 Å². The molecule has 130 valence electrons. The molecule has 2 aliphatic rings. The molecule has 1 aromatic carbocycles. The number of pyridine rings is 1. The molecule has 2 fully saturated rings. The largest absolute Gasteiger partial charge is 0.367 e. The van der Waals surface area contributed by atoms with E-state index in [2.05, 4.69) is 10.5 Å². The summed E-state index contributed by atoms with van der Waals surface area (Å²) in [7, 11) is 0. The fourth-order valence-corrected chi connectivity index (χ4v) is 3.36. The first kappa shape index (κ1) is 15.9. The van der Waals surface area contributed by atoms with Gasteiger partial charge in [0.05, 0.1) is 11.2 Å². The molecule has 1 aliphatic heterocycles. The van der Waals surface area contributed by atoms with E-state index in [0.29, 0.717) is 24.3 Å². The lowest BCUT2D eigenvalue weighted by Crippen LogP contribution is -2.43. The van der Waals surface area contributed by atoms with Crippen LogP contribution in [0.4, 0.5) is 10.1 Å². The second kappa shape index (κ2) is 6.03. The summed E-state index contributed by atoms with van der Waals surface area (Å²) in [4.78, 5) is 36.7. The highest BCUT2D eigenvalue weighted by Crippen LogP contribution is 2.38. The molecular formula is C17H17FN4O3. The van der Waals surface area contributed by atoms with E-state index in [1.54, 1.807) is 10.6 Å². The first-order valence-electron chi connectivity index (χ1n) is 8.32. The van der Waals surface area contributed by atoms with Gasteiger partial charge in [-0.1, -0.05) is 0 Å². The van der Waals surface area contributed by atoms with Crippen LogP contribution in [0.25, 0.3) is 10.9 Å². The summed E-state index contributed by atoms with van der Waals surface area (Å²) < 4.78 is 16.5. The molecule has 1 aliphatic carbocycles. The number of amides is 1. The summed E-state index contributed by atoms with van der Waals surface area (Å²) in [6.07, 6.45) is 3.23. The maximum Gasteiger partial charge on any atom is 0.322 e. The van der Waals surface area contributed by atoms with E-state index in [9.17, 15) is 18.9 Å². The van der Waals surface area contributed by atoms with E-state index in [4.69, 9.17) is 0 Å². The fourth-order valence-electron chi connectivity index (χ4n) is 3.36. The molecule has 1 saturated carbocycles. The summed E-state index contributed by atoms with van der Waals surface area (Å²) in [5, 5.41) is 5.68. The van der Waals surface area contributed by atoms with Crippen molar-refractivity contribution in [2.75, 3.05) is 31.1 Å². The lowest BCUT2D eigenvalue weighted by atomic mass is 10.1. The van der Waals surface area contributed by atoms with Gasteiger partial charge in [0.15, 0.2) is 0 Å². The van der Waals surface area contributed by atoms with Gasteiger partial charge in [-0.05, 0) is 25.0 Å². The van der Waals surface area contributed by atoms with E-state index in [1.807, 2.05) is 4.90 Å². The monoisotopic (exact) mass is 344 g/mol. The van der Waals surface area contributed by atoms with Gasteiger partial charge >= 0.3 is 5.91 Å². The van der Waals surface area contributed by atoms with Crippen molar-refractivity contribution in [1.29, 1.82) is 0 Å². The lowest BCUT2D eigenvalue weighted by Gasteiger charge is -2.30. The minimum atomic E-state index is -1.12. The molecule has 4 rings (SSSR count). The number of hydrogen-bond donors (Lipinski definition) is 1. The molecule has 0 radical (unpaired) electrons. The van der Waals surface area contributed by atoms with E-state index >= 15 is 0 Å². The van der Waals surface area contributed by atoms with Gasteiger partial charge in [0.2, 0.25) is 5.43 Å². The SMILES string of the molecule is O=NC(=O)c1cn(C2CC2)c2cc(N3CCNCC3)c(F)cc2c1=O. The Morgan fingerprint density at radius 3 is 2.60 bits per heavy atom. The first-order valence-corrected chi connectivity index (χ1v) is 8.32. The molecule has 1 aromatic heterocycles. The first-order chi connectivity index (χ1) is 12.1. The van der Waals surface area contributed by atoms with Crippen molar-refractivity contribution in [1.82, 2.24) is 9.88 Å². The Labute approximate surface area is 142 Å². The average molecular weight is 344 g/mol. The molecule has 2 aromatic rings. The number of halogens is 1. The number of carbonyl (C=O) groups is 1. The Morgan fingerprint density at radius 2 is 1.96 bits per heavy atom. The third-order valence-electron chi connectivity index (χ3n) is 4.81. The van der Waals surface area contributed by atoms with Gasteiger partial charge in [-0.25, -0.2) is 4.39 Å². The molecule has 25 heavy (non-hydrogen) atoms. The van der Waals surface area contributed by atoms with Crippen molar-refractivity contribution in [2.24, 2.45) is 5.18 Å². The van der Waals surface area contributed by atoms with Crippen LogP contribution in [0.5, 0.6) is 0 Å². The zero-order valence-corrected chi connectivity index (χ0v) is 13.5. The van der Waals surface area contributed by atoms with Crippen molar-refractivity contribution < 1.29 is 9.18 Å². The molecule has 7 nitrogen and oxygen atoms in total. The number of benzene rings is 1. The third kappa shape index (κ3) is 2.72. The number of piperazine rings is 1. The predicted octanol–water partition coefficient (Wildman–Crippen LogP) is 1.79. The highest BCUT2D eigenvalue weighted by molar-refractivity contribution is 5.98. The summed E-state index contributed by atoms with van der Waals surface area (Å²) in [5.41, 5.74) is 0.0891. The molecule has 0 bridgehead atoms. The number of anilines is 1. The van der Waals surface area contributed by atoms with Gasteiger partial charge in [0, 0.05) is 49.0 Å². The number of hydrogen-bond acceptors (Lipinski definition) is 5. The molecule has 0 unspecified atom stereocenters. The fraction of sp³-hybridized carbons (Fsp3) is 0.412. The Bertz CT molecular complexity index is 930. The number of carbonyl (C=O) groups excluding carboxylic acids is 1. The van der Waals surface area contributed by atoms with E-state index < -0.39 is 17.2 Å². The van der Waals surface area contributed by atoms with Crippen LogP contribution in [-0.4, -0.2) is 36.7 Å². The van der Waals surface area contributed by atoms with Gasteiger partial charge < -0.3 is 14.8 Å². The Kier molecular flexibility index (Phi) is 3.84. The topological polar surface area (TPSA) is 83.8 Å². The number of nitroso groups, excluding NO2 is 1. The molecule has 2 heterocycles. The molecule has 1 saturated heterocycles.